The van der Waals surface area contributed by atoms with Crippen molar-refractivity contribution in [1.29, 1.82) is 0 Å². The molecule has 0 bridgehead atoms. The largest absolute Gasteiger partial charge is 0.450 e. The zero-order chi connectivity index (χ0) is 4.99. The molecule has 0 aliphatic carbocycles. The second-order valence-corrected chi connectivity index (χ2v) is 0.752. The first-order chi connectivity index (χ1) is 2.77. The Hall–Kier alpha value is -0.553. The van der Waals surface area contributed by atoms with Gasteiger partial charge in [0.15, 0.2) is 0 Å². The molecule has 5 heteroatoms. The van der Waals surface area contributed by atoms with Crippen LogP contribution < -0.4 is 11.9 Å². The minimum absolute atomic E-state index is 0. The molecule has 8 heavy (non-hydrogen) atoms. The molecule has 0 spiro atoms. The molecule has 0 heterocycles. The molecule has 0 rings (SSSR count). The molecular formula is C3H14N2O2Si. The van der Waals surface area contributed by atoms with E-state index in [9.17, 15) is 4.79 Å². The van der Waals surface area contributed by atoms with Gasteiger partial charge >= 0.3 is 6.09 Å². The summed E-state index contributed by atoms with van der Waals surface area (Å²) in [7, 11) is 0. The lowest BCUT2D eigenvalue weighted by Gasteiger charge is -1.89. The van der Waals surface area contributed by atoms with Crippen molar-refractivity contribution in [3.05, 3.63) is 0 Å². The first-order valence-electron chi connectivity index (χ1n) is 1.69. The number of hydrogen-bond acceptors (Lipinski definition) is 3. The van der Waals surface area contributed by atoms with Crippen molar-refractivity contribution in [1.82, 2.24) is 6.15 Å². The molecule has 5 N–H and O–H groups in total. The van der Waals surface area contributed by atoms with Crippen LogP contribution in [0.2, 0.25) is 0 Å². The minimum Gasteiger partial charge on any atom is -0.450 e. The molecule has 0 aromatic rings. The van der Waals surface area contributed by atoms with Gasteiger partial charge in [-0.1, -0.05) is 0 Å². The van der Waals surface area contributed by atoms with Gasteiger partial charge in [0.2, 0.25) is 0 Å². The highest BCUT2D eigenvalue weighted by molar-refractivity contribution is 5.75. The van der Waals surface area contributed by atoms with Crippen molar-refractivity contribution in [2.45, 2.75) is 6.92 Å². The van der Waals surface area contributed by atoms with E-state index in [1.807, 2.05) is 0 Å². The van der Waals surface area contributed by atoms with Crippen molar-refractivity contribution < 1.29 is 9.53 Å². The third kappa shape index (κ3) is 18.0. The molecule has 0 aliphatic heterocycles. The maximum atomic E-state index is 9.60. The van der Waals surface area contributed by atoms with E-state index in [0.717, 1.165) is 0 Å². The van der Waals surface area contributed by atoms with Gasteiger partial charge in [0.1, 0.15) is 0 Å². The normalized spacial score (nSPS) is 5.62. The highest BCUT2D eigenvalue weighted by Gasteiger charge is 1.82. The summed E-state index contributed by atoms with van der Waals surface area (Å²) in [4.78, 5) is 9.60. The second-order valence-electron chi connectivity index (χ2n) is 0.752. The van der Waals surface area contributed by atoms with E-state index < -0.39 is 6.09 Å². The average molecular weight is 138 g/mol. The van der Waals surface area contributed by atoms with Crippen molar-refractivity contribution >= 4 is 17.1 Å². The van der Waals surface area contributed by atoms with Crippen LogP contribution in [0, 0.1) is 0 Å². The molecule has 0 fully saturated rings. The zero-order valence-electron chi connectivity index (χ0n) is 4.31. The second kappa shape index (κ2) is 9.67. The summed E-state index contributed by atoms with van der Waals surface area (Å²) in [6, 6.07) is 0. The molecule has 0 saturated carbocycles. The van der Waals surface area contributed by atoms with Gasteiger partial charge in [-0.05, 0) is 17.9 Å². The van der Waals surface area contributed by atoms with E-state index in [2.05, 4.69) is 10.5 Å². The summed E-state index contributed by atoms with van der Waals surface area (Å²) in [6.07, 6.45) is -0.711. The number of rotatable bonds is 1. The van der Waals surface area contributed by atoms with Crippen LogP contribution in [-0.2, 0) is 4.74 Å². The van der Waals surface area contributed by atoms with Gasteiger partial charge in [0.05, 0.1) is 6.61 Å². The lowest BCUT2D eigenvalue weighted by atomic mass is 10.9. The van der Waals surface area contributed by atoms with Gasteiger partial charge in [0, 0.05) is 0 Å². The summed E-state index contributed by atoms with van der Waals surface area (Å²) in [6.45, 7) is 2.06. The Morgan fingerprint density at radius 3 is 2.12 bits per heavy atom. The number of hydrogen-bond donors (Lipinski definition) is 2. The predicted octanol–water partition coefficient (Wildman–Crippen LogP) is -1.19. The van der Waals surface area contributed by atoms with E-state index in [4.69, 9.17) is 0 Å². The fraction of sp³-hybridized carbons (Fsp3) is 0.667. The van der Waals surface area contributed by atoms with Crippen LogP contribution in [0.4, 0.5) is 4.79 Å². The summed E-state index contributed by atoms with van der Waals surface area (Å²) in [5.41, 5.74) is 4.54. The maximum absolute atomic E-state index is 9.60. The SMILES string of the molecule is CCOC(N)=O.N.[SiH4]. The van der Waals surface area contributed by atoms with Crippen molar-refractivity contribution in [3.63, 3.8) is 0 Å². The zero-order valence-corrected chi connectivity index (χ0v) is 4.31. The summed E-state index contributed by atoms with van der Waals surface area (Å²) < 4.78 is 4.18. The van der Waals surface area contributed by atoms with Gasteiger partial charge in [-0.3, -0.25) is 0 Å². The maximum Gasteiger partial charge on any atom is 0.404 e. The van der Waals surface area contributed by atoms with Crippen LogP contribution in [0.3, 0.4) is 0 Å². The molecule has 0 aromatic heterocycles. The first-order valence-corrected chi connectivity index (χ1v) is 1.69. The Bertz CT molecular complexity index is 59.2. The van der Waals surface area contributed by atoms with E-state index in [1.165, 1.54) is 0 Å². The van der Waals surface area contributed by atoms with E-state index in [1.54, 1.807) is 6.92 Å². The number of nitrogens with two attached hydrogens (primary N) is 1. The predicted molar refractivity (Wildman–Crippen MR) is 37.6 cm³/mol. The number of primary amides is 1. The van der Waals surface area contributed by atoms with Gasteiger partial charge in [-0.15, -0.1) is 0 Å². The van der Waals surface area contributed by atoms with Gasteiger partial charge < -0.3 is 16.6 Å². The van der Waals surface area contributed by atoms with Crippen LogP contribution >= 0.6 is 0 Å². The van der Waals surface area contributed by atoms with Crippen LogP contribution in [0.25, 0.3) is 0 Å². The lowest BCUT2D eigenvalue weighted by molar-refractivity contribution is 0.163. The molecule has 0 radical (unpaired) electrons. The van der Waals surface area contributed by atoms with Crippen molar-refractivity contribution in [3.8, 4) is 0 Å². The summed E-state index contributed by atoms with van der Waals surface area (Å²) >= 11 is 0. The molecule has 4 nitrogen and oxygen atoms in total. The highest BCUT2D eigenvalue weighted by atomic mass is 28.1. The molecule has 0 saturated heterocycles. The van der Waals surface area contributed by atoms with Crippen LogP contribution in [0.1, 0.15) is 6.92 Å². The first kappa shape index (κ1) is 15.7. The third-order valence-corrected chi connectivity index (χ3v) is 0.287. The number of carbonyl (C=O) groups excluding carboxylic acids is 1. The van der Waals surface area contributed by atoms with Gasteiger partial charge in [-0.25, -0.2) is 4.79 Å². The Kier molecular flexibility index (Phi) is 18.9. The number of ether oxygens (including phenoxy) is 1. The molecule has 0 aromatic carbocycles. The number of carbonyl (C=O) groups is 1. The third-order valence-electron chi connectivity index (χ3n) is 0.287. The van der Waals surface area contributed by atoms with E-state index in [0.29, 0.717) is 6.61 Å². The standard InChI is InChI=1S/C3H7NO2.H3N.H4Si/c1-2-6-3(4)5;;/h2H2,1H3,(H2,4,5);1H3;1H4. The Morgan fingerprint density at radius 1 is 1.75 bits per heavy atom. The fourth-order valence-corrected chi connectivity index (χ4v) is 0.142. The molecule has 1 amide bonds. The number of amides is 1. The molecular weight excluding hydrogens is 124 g/mol. The Labute approximate surface area is 53.0 Å². The van der Waals surface area contributed by atoms with E-state index in [-0.39, 0.29) is 17.1 Å². The molecule has 0 atom stereocenters. The van der Waals surface area contributed by atoms with Crippen LogP contribution in [0.5, 0.6) is 0 Å². The Balaban J connectivity index is -0.000000125. The molecule has 52 valence electrons. The quantitative estimate of drug-likeness (QED) is 0.447. The van der Waals surface area contributed by atoms with Crippen LogP contribution in [-0.4, -0.2) is 23.7 Å². The van der Waals surface area contributed by atoms with Gasteiger partial charge in [-0.2, -0.15) is 0 Å². The topological polar surface area (TPSA) is 87.3 Å². The summed E-state index contributed by atoms with van der Waals surface area (Å²) in [5.74, 6) is 0. The lowest BCUT2D eigenvalue weighted by Crippen LogP contribution is -2.11. The average Bonchev–Trinajstić information content (AvgIpc) is 1.35. The van der Waals surface area contributed by atoms with Gasteiger partial charge in [0.25, 0.3) is 0 Å². The summed E-state index contributed by atoms with van der Waals surface area (Å²) in [5, 5.41) is 0. The smallest absolute Gasteiger partial charge is 0.404 e. The van der Waals surface area contributed by atoms with Crippen molar-refractivity contribution in [2.24, 2.45) is 5.73 Å². The van der Waals surface area contributed by atoms with Crippen LogP contribution in [0.15, 0.2) is 0 Å². The Morgan fingerprint density at radius 2 is 2.12 bits per heavy atom. The molecule has 0 aliphatic rings. The highest BCUT2D eigenvalue weighted by Crippen LogP contribution is 1.66. The van der Waals surface area contributed by atoms with Crippen molar-refractivity contribution in [2.75, 3.05) is 6.61 Å². The van der Waals surface area contributed by atoms with E-state index >= 15 is 0 Å². The molecule has 0 unspecified atom stereocenters. The minimum atomic E-state index is -0.711. The monoisotopic (exact) mass is 138 g/mol. The fourth-order valence-electron chi connectivity index (χ4n) is 0.142.